The zero-order valence-electron chi connectivity index (χ0n) is 13.5. The van der Waals surface area contributed by atoms with Crippen molar-refractivity contribution in [3.8, 4) is 0 Å². The van der Waals surface area contributed by atoms with Crippen molar-refractivity contribution in [2.75, 3.05) is 0 Å². The summed E-state index contributed by atoms with van der Waals surface area (Å²) in [6, 6.07) is 0. The molecule has 0 aromatic rings. The van der Waals surface area contributed by atoms with Gasteiger partial charge in [0.05, 0.1) is 0 Å². The average Bonchev–Trinajstić information content (AvgIpc) is 2.37. The van der Waals surface area contributed by atoms with E-state index >= 15 is 0 Å². The lowest BCUT2D eigenvalue weighted by Crippen LogP contribution is -2.31. The molecule has 0 fully saturated rings. The molecular formula is C17H36. The number of rotatable bonds is 9. The van der Waals surface area contributed by atoms with Crippen LogP contribution in [0.15, 0.2) is 0 Å². The Kier molecular flexibility index (Phi) is 7.44. The molecule has 0 heteroatoms. The minimum absolute atomic E-state index is 0.557. The second-order valence-corrected chi connectivity index (χ2v) is 6.57. The van der Waals surface area contributed by atoms with Gasteiger partial charge < -0.3 is 0 Å². The van der Waals surface area contributed by atoms with E-state index in [2.05, 4.69) is 48.5 Å². The van der Waals surface area contributed by atoms with Gasteiger partial charge in [0.25, 0.3) is 0 Å². The molecule has 0 saturated carbocycles. The van der Waals surface area contributed by atoms with E-state index in [-0.39, 0.29) is 0 Å². The Morgan fingerprint density at radius 1 is 0.765 bits per heavy atom. The smallest absolute Gasteiger partial charge is 0.0303 e. The van der Waals surface area contributed by atoms with Crippen molar-refractivity contribution in [2.24, 2.45) is 16.7 Å². The summed E-state index contributed by atoms with van der Waals surface area (Å²) in [6.07, 6.45) is 9.49. The fourth-order valence-electron chi connectivity index (χ4n) is 3.01. The summed E-state index contributed by atoms with van der Waals surface area (Å²) in [5.74, 6) is 0.910. The molecule has 0 aromatic carbocycles. The molecule has 0 bridgehead atoms. The lowest BCUT2D eigenvalue weighted by atomic mass is 9.64. The highest BCUT2D eigenvalue weighted by Gasteiger charge is 2.34. The van der Waals surface area contributed by atoms with Crippen LogP contribution in [0.3, 0.4) is 0 Å². The first-order chi connectivity index (χ1) is 7.91. The van der Waals surface area contributed by atoms with Crippen molar-refractivity contribution in [1.29, 1.82) is 0 Å². The molecule has 0 heterocycles. The van der Waals surface area contributed by atoms with Crippen LogP contribution in [0.5, 0.6) is 0 Å². The summed E-state index contributed by atoms with van der Waals surface area (Å²) in [6.45, 7) is 16.8. The Balaban J connectivity index is 4.85. The van der Waals surface area contributed by atoms with Crippen molar-refractivity contribution in [1.82, 2.24) is 0 Å². The van der Waals surface area contributed by atoms with E-state index in [1.54, 1.807) is 0 Å². The lowest BCUT2D eigenvalue weighted by Gasteiger charge is -2.42. The van der Waals surface area contributed by atoms with Gasteiger partial charge in [-0.25, -0.2) is 0 Å². The first-order valence-corrected chi connectivity index (χ1v) is 7.91. The van der Waals surface area contributed by atoms with Gasteiger partial charge in [0, 0.05) is 0 Å². The molecule has 104 valence electrons. The fraction of sp³-hybridized carbons (Fsp3) is 1.00. The Hall–Kier alpha value is 0. The van der Waals surface area contributed by atoms with Gasteiger partial charge in [-0.3, -0.25) is 0 Å². The second kappa shape index (κ2) is 7.44. The maximum atomic E-state index is 2.51. The molecule has 0 N–H and O–H groups in total. The molecule has 1 atom stereocenters. The fourth-order valence-corrected chi connectivity index (χ4v) is 3.01. The summed E-state index contributed by atoms with van der Waals surface area (Å²) < 4.78 is 0. The molecule has 0 radical (unpaired) electrons. The van der Waals surface area contributed by atoms with Gasteiger partial charge in [0.2, 0.25) is 0 Å². The van der Waals surface area contributed by atoms with Crippen LogP contribution in [0, 0.1) is 16.7 Å². The third kappa shape index (κ3) is 4.64. The van der Waals surface area contributed by atoms with E-state index in [0.29, 0.717) is 10.8 Å². The standard InChI is InChI=1S/C17H36/c1-8-13-15(17(7,11-4)12-5)14-16(6,9-2)10-3/h15H,8-14H2,1-7H3. The minimum atomic E-state index is 0.557. The lowest BCUT2D eigenvalue weighted by molar-refractivity contribution is 0.0901. The third-order valence-electron chi connectivity index (χ3n) is 5.68. The molecule has 17 heavy (non-hydrogen) atoms. The second-order valence-electron chi connectivity index (χ2n) is 6.57. The van der Waals surface area contributed by atoms with Crippen LogP contribution in [0.2, 0.25) is 0 Å². The summed E-state index contributed by atoms with van der Waals surface area (Å²) in [5, 5.41) is 0. The van der Waals surface area contributed by atoms with E-state index in [9.17, 15) is 0 Å². The minimum Gasteiger partial charge on any atom is -0.0654 e. The van der Waals surface area contributed by atoms with Gasteiger partial charge in [-0.2, -0.15) is 0 Å². The Bertz CT molecular complexity index is 184. The van der Waals surface area contributed by atoms with Gasteiger partial charge >= 0.3 is 0 Å². The molecule has 0 aliphatic carbocycles. The van der Waals surface area contributed by atoms with Gasteiger partial charge in [-0.05, 0) is 23.2 Å². The zero-order chi connectivity index (χ0) is 13.5. The molecule has 0 saturated heterocycles. The van der Waals surface area contributed by atoms with E-state index in [1.807, 2.05) is 0 Å². The summed E-state index contributed by atoms with van der Waals surface area (Å²) >= 11 is 0. The van der Waals surface area contributed by atoms with Gasteiger partial charge in [-0.15, -0.1) is 0 Å². The molecule has 0 nitrogen and oxygen atoms in total. The Labute approximate surface area is 111 Å². The molecule has 0 aliphatic rings. The van der Waals surface area contributed by atoms with Crippen LogP contribution in [-0.2, 0) is 0 Å². The number of hydrogen-bond donors (Lipinski definition) is 0. The SMILES string of the molecule is CCCC(CC(C)(CC)CC)C(C)(CC)CC. The summed E-state index contributed by atoms with van der Waals surface area (Å²) in [7, 11) is 0. The van der Waals surface area contributed by atoms with E-state index in [1.165, 1.54) is 44.9 Å². The average molecular weight is 240 g/mol. The van der Waals surface area contributed by atoms with E-state index in [4.69, 9.17) is 0 Å². The zero-order valence-corrected chi connectivity index (χ0v) is 13.5. The Morgan fingerprint density at radius 2 is 1.24 bits per heavy atom. The molecule has 0 spiro atoms. The number of hydrogen-bond acceptors (Lipinski definition) is 0. The highest BCUT2D eigenvalue weighted by molar-refractivity contribution is 4.85. The van der Waals surface area contributed by atoms with Crippen LogP contribution in [0.25, 0.3) is 0 Å². The van der Waals surface area contributed by atoms with Crippen molar-refractivity contribution >= 4 is 0 Å². The predicted molar refractivity (Wildman–Crippen MR) is 80.4 cm³/mol. The normalized spacial score (nSPS) is 15.0. The van der Waals surface area contributed by atoms with Crippen molar-refractivity contribution in [2.45, 2.75) is 93.4 Å². The van der Waals surface area contributed by atoms with E-state index < -0.39 is 0 Å². The Morgan fingerprint density at radius 3 is 1.53 bits per heavy atom. The van der Waals surface area contributed by atoms with Crippen LogP contribution in [-0.4, -0.2) is 0 Å². The molecule has 0 rings (SSSR count). The maximum Gasteiger partial charge on any atom is -0.0303 e. The molecule has 0 amide bonds. The highest BCUT2D eigenvalue weighted by atomic mass is 14.4. The van der Waals surface area contributed by atoms with Crippen molar-refractivity contribution in [3.63, 3.8) is 0 Å². The van der Waals surface area contributed by atoms with Gasteiger partial charge in [0.15, 0.2) is 0 Å². The maximum absolute atomic E-state index is 2.51. The predicted octanol–water partition coefficient (Wildman–Crippen LogP) is 6.45. The first-order valence-electron chi connectivity index (χ1n) is 7.91. The van der Waals surface area contributed by atoms with Crippen molar-refractivity contribution < 1.29 is 0 Å². The van der Waals surface area contributed by atoms with Gasteiger partial charge in [-0.1, -0.05) is 87.0 Å². The summed E-state index contributed by atoms with van der Waals surface area (Å²) in [4.78, 5) is 0. The van der Waals surface area contributed by atoms with Crippen LogP contribution >= 0.6 is 0 Å². The van der Waals surface area contributed by atoms with Crippen LogP contribution in [0.1, 0.15) is 93.4 Å². The quantitative estimate of drug-likeness (QED) is 0.434. The summed E-state index contributed by atoms with van der Waals surface area (Å²) in [5.41, 5.74) is 1.12. The topological polar surface area (TPSA) is 0 Å². The molecule has 1 unspecified atom stereocenters. The molecule has 0 aromatic heterocycles. The van der Waals surface area contributed by atoms with Crippen molar-refractivity contribution in [3.05, 3.63) is 0 Å². The first kappa shape index (κ1) is 17.0. The van der Waals surface area contributed by atoms with Gasteiger partial charge in [0.1, 0.15) is 0 Å². The van der Waals surface area contributed by atoms with Crippen LogP contribution < -0.4 is 0 Å². The largest absolute Gasteiger partial charge is 0.0654 e. The monoisotopic (exact) mass is 240 g/mol. The van der Waals surface area contributed by atoms with Crippen LogP contribution in [0.4, 0.5) is 0 Å². The molecular weight excluding hydrogens is 204 g/mol. The third-order valence-corrected chi connectivity index (χ3v) is 5.68. The highest BCUT2D eigenvalue weighted by Crippen LogP contribution is 2.45. The van der Waals surface area contributed by atoms with E-state index in [0.717, 1.165) is 5.92 Å². The molecule has 0 aliphatic heterocycles.